The first-order valence-electron chi connectivity index (χ1n) is 4.60. The minimum Gasteiger partial charge on any atom is -0.323 e. The largest absolute Gasteiger partial charge is 0.323 e. The topological polar surface area (TPSA) is 67.6 Å². The maximum Gasteiger partial charge on any atom is 0.0991 e. The summed E-state index contributed by atoms with van der Waals surface area (Å²) in [6.45, 7) is 6.63. The molecule has 0 bridgehead atoms. The van der Waals surface area contributed by atoms with Crippen LogP contribution in [-0.2, 0) is 0 Å². The van der Waals surface area contributed by atoms with E-state index in [1.54, 1.807) is 6.20 Å². The van der Waals surface area contributed by atoms with Gasteiger partial charge in [-0.3, -0.25) is 0 Å². The molecule has 1 heterocycles. The highest BCUT2D eigenvalue weighted by atomic mass is 15.3. The van der Waals surface area contributed by atoms with E-state index in [1.165, 1.54) is 0 Å². The Morgan fingerprint density at radius 3 is 2.69 bits per heavy atom. The first-order chi connectivity index (χ1) is 5.99. The summed E-state index contributed by atoms with van der Waals surface area (Å²) in [5.41, 5.74) is 7.11. The molecule has 4 heteroatoms. The van der Waals surface area contributed by atoms with Crippen molar-refractivity contribution in [3.63, 3.8) is 0 Å². The van der Waals surface area contributed by atoms with E-state index < -0.39 is 0 Å². The first-order valence-corrected chi connectivity index (χ1v) is 4.60. The normalized spacial score (nSPS) is 14.5. The Morgan fingerprint density at radius 1 is 1.54 bits per heavy atom. The van der Waals surface area contributed by atoms with E-state index in [0.29, 0.717) is 5.41 Å². The molecule has 0 spiro atoms. The predicted molar refractivity (Wildman–Crippen MR) is 52.0 cm³/mol. The fourth-order valence-corrected chi connectivity index (χ4v) is 1.13. The molecular weight excluding hydrogens is 164 g/mol. The van der Waals surface area contributed by atoms with Gasteiger partial charge in [0.05, 0.1) is 17.9 Å². The smallest absolute Gasteiger partial charge is 0.0991 e. The van der Waals surface area contributed by atoms with Crippen molar-refractivity contribution in [2.45, 2.75) is 39.7 Å². The zero-order valence-electron chi connectivity index (χ0n) is 8.54. The number of nitrogens with two attached hydrogens (primary N) is 1. The third-order valence-electron chi connectivity index (χ3n) is 2.02. The second-order valence-corrected chi connectivity index (χ2v) is 4.60. The molecule has 0 amide bonds. The van der Waals surface area contributed by atoms with E-state index >= 15 is 0 Å². The van der Waals surface area contributed by atoms with Crippen LogP contribution in [0.1, 0.15) is 45.3 Å². The SMILES string of the molecule is CC(C)(C)CCC(N)c1cn[nH]n1. The van der Waals surface area contributed by atoms with Crippen LogP contribution in [0.5, 0.6) is 0 Å². The number of aromatic amines is 1. The van der Waals surface area contributed by atoms with Crippen molar-refractivity contribution in [3.05, 3.63) is 11.9 Å². The van der Waals surface area contributed by atoms with Crippen LogP contribution in [0.3, 0.4) is 0 Å². The summed E-state index contributed by atoms with van der Waals surface area (Å²) in [7, 11) is 0. The molecule has 1 atom stereocenters. The van der Waals surface area contributed by atoms with Gasteiger partial charge in [-0.15, -0.1) is 0 Å². The van der Waals surface area contributed by atoms with E-state index in [1.807, 2.05) is 0 Å². The summed E-state index contributed by atoms with van der Waals surface area (Å²) in [5, 5.41) is 10.3. The van der Waals surface area contributed by atoms with Crippen molar-refractivity contribution in [3.8, 4) is 0 Å². The highest BCUT2D eigenvalue weighted by Gasteiger charge is 2.15. The van der Waals surface area contributed by atoms with Crippen LogP contribution in [0.2, 0.25) is 0 Å². The van der Waals surface area contributed by atoms with Gasteiger partial charge >= 0.3 is 0 Å². The minimum atomic E-state index is 0.0120. The van der Waals surface area contributed by atoms with E-state index in [4.69, 9.17) is 5.73 Å². The summed E-state index contributed by atoms with van der Waals surface area (Å²) < 4.78 is 0. The summed E-state index contributed by atoms with van der Waals surface area (Å²) in [5.74, 6) is 0. The van der Waals surface area contributed by atoms with Gasteiger partial charge in [0.2, 0.25) is 0 Å². The number of hydrogen-bond donors (Lipinski definition) is 2. The van der Waals surface area contributed by atoms with Gasteiger partial charge in [-0.2, -0.15) is 15.4 Å². The predicted octanol–water partition coefficient (Wildman–Crippen LogP) is 1.63. The second-order valence-electron chi connectivity index (χ2n) is 4.60. The van der Waals surface area contributed by atoms with Gasteiger partial charge in [0.1, 0.15) is 0 Å². The molecule has 4 nitrogen and oxygen atoms in total. The van der Waals surface area contributed by atoms with Crippen LogP contribution >= 0.6 is 0 Å². The number of hydrogen-bond acceptors (Lipinski definition) is 3. The molecule has 1 unspecified atom stereocenters. The van der Waals surface area contributed by atoms with Crippen molar-refractivity contribution in [2.24, 2.45) is 11.1 Å². The van der Waals surface area contributed by atoms with E-state index in [0.717, 1.165) is 18.5 Å². The van der Waals surface area contributed by atoms with Crippen molar-refractivity contribution in [1.82, 2.24) is 15.4 Å². The lowest BCUT2D eigenvalue weighted by Gasteiger charge is -2.19. The molecule has 1 aromatic rings. The Balaban J connectivity index is 2.39. The van der Waals surface area contributed by atoms with Gasteiger partial charge in [0.25, 0.3) is 0 Å². The first kappa shape index (κ1) is 10.2. The molecule has 0 aliphatic carbocycles. The fraction of sp³-hybridized carbons (Fsp3) is 0.778. The van der Waals surface area contributed by atoms with Crippen LogP contribution in [0.4, 0.5) is 0 Å². The zero-order valence-corrected chi connectivity index (χ0v) is 8.54. The molecule has 74 valence electrons. The monoisotopic (exact) mass is 182 g/mol. The number of nitrogens with one attached hydrogen (secondary N) is 1. The number of H-pyrrole nitrogens is 1. The van der Waals surface area contributed by atoms with Crippen LogP contribution in [0, 0.1) is 5.41 Å². The third-order valence-corrected chi connectivity index (χ3v) is 2.02. The van der Waals surface area contributed by atoms with Gasteiger partial charge in [-0.05, 0) is 18.3 Å². The highest BCUT2D eigenvalue weighted by molar-refractivity contribution is 4.98. The summed E-state index contributed by atoms with van der Waals surface area (Å²) in [4.78, 5) is 0. The molecule has 13 heavy (non-hydrogen) atoms. The minimum absolute atomic E-state index is 0.0120. The lowest BCUT2D eigenvalue weighted by Crippen LogP contribution is -2.15. The van der Waals surface area contributed by atoms with Crippen LogP contribution < -0.4 is 5.73 Å². The average Bonchev–Trinajstić information content (AvgIpc) is 2.50. The molecule has 0 aliphatic heterocycles. The number of nitrogens with zero attached hydrogens (tertiary/aromatic N) is 2. The van der Waals surface area contributed by atoms with Crippen molar-refractivity contribution < 1.29 is 0 Å². The van der Waals surface area contributed by atoms with E-state index in [9.17, 15) is 0 Å². The van der Waals surface area contributed by atoms with Crippen molar-refractivity contribution in [2.75, 3.05) is 0 Å². The molecule has 0 saturated heterocycles. The van der Waals surface area contributed by atoms with E-state index in [-0.39, 0.29) is 6.04 Å². The van der Waals surface area contributed by atoms with E-state index in [2.05, 4.69) is 36.2 Å². The molecule has 1 rings (SSSR count). The quantitative estimate of drug-likeness (QED) is 0.746. The molecule has 3 N–H and O–H groups in total. The number of aromatic nitrogens is 3. The molecule has 0 fully saturated rings. The lowest BCUT2D eigenvalue weighted by molar-refractivity contribution is 0.348. The maximum absolute atomic E-state index is 5.92. The van der Waals surface area contributed by atoms with Gasteiger partial charge < -0.3 is 5.73 Å². The van der Waals surface area contributed by atoms with Gasteiger partial charge in [-0.25, -0.2) is 0 Å². The molecule has 0 radical (unpaired) electrons. The Bertz CT molecular complexity index is 235. The van der Waals surface area contributed by atoms with Crippen LogP contribution in [-0.4, -0.2) is 15.4 Å². The molecule has 0 aromatic carbocycles. The highest BCUT2D eigenvalue weighted by Crippen LogP contribution is 2.24. The van der Waals surface area contributed by atoms with Gasteiger partial charge in [-0.1, -0.05) is 20.8 Å². The number of rotatable bonds is 3. The lowest BCUT2D eigenvalue weighted by atomic mass is 9.88. The Kier molecular flexibility index (Phi) is 3.03. The Hall–Kier alpha value is -0.900. The fourth-order valence-electron chi connectivity index (χ4n) is 1.13. The molecule has 0 aliphatic rings. The van der Waals surface area contributed by atoms with Crippen molar-refractivity contribution >= 4 is 0 Å². The van der Waals surface area contributed by atoms with Gasteiger partial charge in [0, 0.05) is 0 Å². The standard InChI is InChI=1S/C9H18N4/c1-9(2,3)5-4-7(10)8-6-11-13-12-8/h6-7H,4-5,10H2,1-3H3,(H,11,12,13). The molecule has 1 aromatic heterocycles. The van der Waals surface area contributed by atoms with Crippen molar-refractivity contribution in [1.29, 1.82) is 0 Å². The average molecular weight is 182 g/mol. The summed E-state index contributed by atoms with van der Waals surface area (Å²) >= 11 is 0. The summed E-state index contributed by atoms with van der Waals surface area (Å²) in [6, 6.07) is 0.0120. The maximum atomic E-state index is 5.92. The second kappa shape index (κ2) is 3.87. The zero-order chi connectivity index (χ0) is 9.90. The summed E-state index contributed by atoms with van der Waals surface area (Å²) in [6.07, 6.45) is 3.74. The van der Waals surface area contributed by atoms with Crippen LogP contribution in [0.25, 0.3) is 0 Å². The van der Waals surface area contributed by atoms with Gasteiger partial charge in [0.15, 0.2) is 0 Å². The third kappa shape index (κ3) is 3.55. The Labute approximate surface area is 78.9 Å². The van der Waals surface area contributed by atoms with Crippen LogP contribution in [0.15, 0.2) is 6.20 Å². The molecular formula is C9H18N4. The Morgan fingerprint density at radius 2 is 2.23 bits per heavy atom. The molecule has 0 saturated carbocycles.